The summed E-state index contributed by atoms with van der Waals surface area (Å²) in [5, 5.41) is 0. The van der Waals surface area contributed by atoms with E-state index in [1.54, 1.807) is 0 Å². The Balaban J connectivity index is 2.02. The van der Waals surface area contributed by atoms with Crippen molar-refractivity contribution in [3.63, 3.8) is 0 Å². The van der Waals surface area contributed by atoms with Crippen LogP contribution in [0.25, 0.3) is 0 Å². The summed E-state index contributed by atoms with van der Waals surface area (Å²) >= 11 is 3.68. The van der Waals surface area contributed by atoms with Crippen LogP contribution < -0.4 is 0 Å². The normalized spacial score (nSPS) is 29.7. The van der Waals surface area contributed by atoms with Gasteiger partial charge in [0.25, 0.3) is 5.92 Å². The summed E-state index contributed by atoms with van der Waals surface area (Å²) in [5.41, 5.74) is 3.52. The molecule has 1 unspecified atom stereocenters. The highest BCUT2D eigenvalue weighted by Gasteiger charge is 2.70. The Hall–Kier alpha value is -1.22. The van der Waals surface area contributed by atoms with Gasteiger partial charge in [-0.25, -0.2) is 8.78 Å². The summed E-state index contributed by atoms with van der Waals surface area (Å²) in [5.74, 6) is -3.93. The van der Waals surface area contributed by atoms with Gasteiger partial charge in [0.05, 0.1) is 16.7 Å². The molecular formula is C16H11BrF2. The molecule has 0 aliphatic heterocycles. The van der Waals surface area contributed by atoms with Crippen molar-refractivity contribution in [2.45, 2.75) is 22.6 Å². The van der Waals surface area contributed by atoms with E-state index in [1.807, 2.05) is 48.5 Å². The average Bonchev–Trinajstić information content (AvgIpc) is 3.02. The van der Waals surface area contributed by atoms with Crippen LogP contribution in [0.4, 0.5) is 8.78 Å². The molecule has 0 aromatic heterocycles. The molecule has 3 heteroatoms. The number of hydrogen-bond donors (Lipinski definition) is 0. The molecule has 0 heterocycles. The van der Waals surface area contributed by atoms with Crippen molar-refractivity contribution in [1.82, 2.24) is 0 Å². The standard InChI is InChI=1S/C16H11BrF2/c17-15-11-7-3-1-5-9(11)13-14(16(13,18)19)10-6-2-4-8-12(10)15/h1-8,13-15H/t13-,14?,15-/m0/s1. The predicted octanol–water partition coefficient (Wildman–Crippen LogP) is 5.00. The number of alkyl halides is 3. The molecule has 2 aliphatic rings. The Morgan fingerprint density at radius 2 is 1.11 bits per heavy atom. The van der Waals surface area contributed by atoms with E-state index in [4.69, 9.17) is 0 Å². The largest absolute Gasteiger partial charge is 0.263 e. The minimum Gasteiger partial charge on any atom is -0.205 e. The third-order valence-corrected chi connectivity index (χ3v) is 5.25. The van der Waals surface area contributed by atoms with Gasteiger partial charge in [-0.05, 0) is 22.3 Å². The molecule has 96 valence electrons. The van der Waals surface area contributed by atoms with Gasteiger partial charge >= 0.3 is 0 Å². The van der Waals surface area contributed by atoms with E-state index in [0.29, 0.717) is 0 Å². The molecule has 2 aliphatic carbocycles. The van der Waals surface area contributed by atoms with Crippen LogP contribution in [0.3, 0.4) is 0 Å². The van der Waals surface area contributed by atoms with Crippen LogP contribution in [0.1, 0.15) is 38.9 Å². The Bertz CT molecular complexity index is 610. The second kappa shape index (κ2) is 3.66. The van der Waals surface area contributed by atoms with E-state index >= 15 is 0 Å². The Labute approximate surface area is 118 Å². The van der Waals surface area contributed by atoms with Crippen LogP contribution in [0.5, 0.6) is 0 Å². The van der Waals surface area contributed by atoms with E-state index in [2.05, 4.69) is 15.9 Å². The van der Waals surface area contributed by atoms with Gasteiger partial charge in [0.1, 0.15) is 0 Å². The third-order valence-electron chi connectivity index (χ3n) is 4.26. The van der Waals surface area contributed by atoms with Crippen LogP contribution in [-0.2, 0) is 0 Å². The van der Waals surface area contributed by atoms with Crippen LogP contribution in [0.2, 0.25) is 0 Å². The average molecular weight is 321 g/mol. The first-order valence-electron chi connectivity index (χ1n) is 6.32. The second-order valence-corrected chi connectivity index (χ2v) is 6.17. The number of hydrogen-bond acceptors (Lipinski definition) is 0. The molecule has 3 atom stereocenters. The van der Waals surface area contributed by atoms with Crippen LogP contribution in [0, 0.1) is 0 Å². The maximum atomic E-state index is 14.2. The van der Waals surface area contributed by atoms with Gasteiger partial charge in [-0.15, -0.1) is 0 Å². The molecule has 1 saturated carbocycles. The molecule has 0 radical (unpaired) electrons. The minimum absolute atomic E-state index is 0.00324. The monoisotopic (exact) mass is 320 g/mol. The van der Waals surface area contributed by atoms with Crippen molar-refractivity contribution in [2.75, 3.05) is 0 Å². The van der Waals surface area contributed by atoms with Gasteiger partial charge in [0, 0.05) is 0 Å². The molecule has 0 spiro atoms. The van der Waals surface area contributed by atoms with E-state index < -0.39 is 17.8 Å². The topological polar surface area (TPSA) is 0 Å². The maximum absolute atomic E-state index is 14.2. The first-order chi connectivity index (χ1) is 9.12. The van der Waals surface area contributed by atoms with Gasteiger partial charge in [-0.1, -0.05) is 64.5 Å². The van der Waals surface area contributed by atoms with E-state index in [-0.39, 0.29) is 4.83 Å². The zero-order valence-corrected chi connectivity index (χ0v) is 11.6. The lowest BCUT2D eigenvalue weighted by Crippen LogP contribution is -2.04. The fraction of sp³-hybridized carbons (Fsp3) is 0.250. The molecule has 0 amide bonds. The quantitative estimate of drug-likeness (QED) is 0.599. The lowest BCUT2D eigenvalue weighted by atomic mass is 9.97. The highest BCUT2D eigenvalue weighted by atomic mass is 79.9. The number of benzene rings is 2. The number of halogens is 3. The molecule has 19 heavy (non-hydrogen) atoms. The SMILES string of the molecule is FC1(F)C2c3ccccc3[C@@H](Br)c3ccccc3[C@@H]21. The molecule has 4 rings (SSSR count). The van der Waals surface area contributed by atoms with E-state index in [0.717, 1.165) is 22.3 Å². The fourth-order valence-corrected chi connectivity index (χ4v) is 4.15. The first kappa shape index (κ1) is 11.6. The van der Waals surface area contributed by atoms with Crippen molar-refractivity contribution in [1.29, 1.82) is 0 Å². The lowest BCUT2D eigenvalue weighted by Gasteiger charge is -2.16. The second-order valence-electron chi connectivity index (χ2n) is 5.25. The molecular weight excluding hydrogens is 310 g/mol. The molecule has 0 saturated heterocycles. The molecule has 0 bridgehead atoms. The lowest BCUT2D eigenvalue weighted by molar-refractivity contribution is 0.104. The highest BCUT2D eigenvalue weighted by Crippen LogP contribution is 2.70. The van der Waals surface area contributed by atoms with Crippen molar-refractivity contribution in [3.8, 4) is 0 Å². The van der Waals surface area contributed by atoms with Crippen LogP contribution in [0.15, 0.2) is 48.5 Å². The zero-order chi connectivity index (χ0) is 13.2. The fourth-order valence-electron chi connectivity index (χ4n) is 3.32. The Morgan fingerprint density at radius 3 is 1.53 bits per heavy atom. The molecule has 2 aromatic rings. The highest BCUT2D eigenvalue weighted by molar-refractivity contribution is 9.09. The van der Waals surface area contributed by atoms with Crippen molar-refractivity contribution < 1.29 is 8.78 Å². The van der Waals surface area contributed by atoms with Crippen LogP contribution in [-0.4, -0.2) is 5.92 Å². The van der Waals surface area contributed by atoms with Gasteiger partial charge in [0.15, 0.2) is 0 Å². The predicted molar refractivity (Wildman–Crippen MR) is 74.1 cm³/mol. The molecule has 2 aromatic carbocycles. The Morgan fingerprint density at radius 1 is 0.737 bits per heavy atom. The van der Waals surface area contributed by atoms with Gasteiger partial charge in [-0.3, -0.25) is 0 Å². The molecule has 0 nitrogen and oxygen atoms in total. The summed E-state index contributed by atoms with van der Waals surface area (Å²) in [6.07, 6.45) is 0. The van der Waals surface area contributed by atoms with E-state index in [1.165, 1.54) is 0 Å². The smallest absolute Gasteiger partial charge is 0.205 e. The van der Waals surface area contributed by atoms with Crippen molar-refractivity contribution in [3.05, 3.63) is 70.8 Å². The van der Waals surface area contributed by atoms with Gasteiger partial charge in [0.2, 0.25) is 0 Å². The summed E-state index contributed by atoms with van der Waals surface area (Å²) < 4.78 is 28.3. The molecule has 1 fully saturated rings. The zero-order valence-electron chi connectivity index (χ0n) is 9.98. The third kappa shape index (κ3) is 1.42. The number of rotatable bonds is 0. The summed E-state index contributed by atoms with van der Waals surface area (Å²) in [6.45, 7) is 0. The minimum atomic E-state index is -2.61. The summed E-state index contributed by atoms with van der Waals surface area (Å²) in [7, 11) is 0. The summed E-state index contributed by atoms with van der Waals surface area (Å²) in [6, 6.07) is 15.1. The van der Waals surface area contributed by atoms with Crippen molar-refractivity contribution in [2.24, 2.45) is 0 Å². The molecule has 0 N–H and O–H groups in total. The van der Waals surface area contributed by atoms with Crippen LogP contribution >= 0.6 is 15.9 Å². The Kier molecular flexibility index (Phi) is 2.23. The first-order valence-corrected chi connectivity index (χ1v) is 7.23. The summed E-state index contributed by atoms with van der Waals surface area (Å²) in [4.78, 5) is 0.00324. The van der Waals surface area contributed by atoms with Crippen molar-refractivity contribution >= 4 is 15.9 Å². The van der Waals surface area contributed by atoms with E-state index in [9.17, 15) is 8.78 Å². The number of fused-ring (bicyclic) bond motifs is 5. The maximum Gasteiger partial charge on any atom is 0.263 e. The van der Waals surface area contributed by atoms with Gasteiger partial charge < -0.3 is 0 Å². The van der Waals surface area contributed by atoms with Gasteiger partial charge in [-0.2, -0.15) is 0 Å².